The van der Waals surface area contributed by atoms with Crippen LogP contribution in [-0.2, 0) is 14.3 Å². The van der Waals surface area contributed by atoms with E-state index in [9.17, 15) is 26.0 Å². The highest BCUT2D eigenvalue weighted by molar-refractivity contribution is 7.86. The SMILES string of the molecule is Cc1ccc(S(=O)(=O)OC[C@H]2CC(F)(F)C2(F)F)cc1. The van der Waals surface area contributed by atoms with Gasteiger partial charge in [-0.15, -0.1) is 0 Å². The third-order valence-corrected chi connectivity index (χ3v) is 4.53. The van der Waals surface area contributed by atoms with Gasteiger partial charge in [-0.1, -0.05) is 17.7 Å². The van der Waals surface area contributed by atoms with Crippen molar-refractivity contribution in [1.82, 2.24) is 0 Å². The fraction of sp³-hybridized carbons (Fsp3) is 0.500. The maximum Gasteiger partial charge on any atom is 0.315 e. The molecule has 1 fully saturated rings. The molecule has 1 aliphatic carbocycles. The number of halogens is 4. The second-order valence-electron chi connectivity index (χ2n) is 4.78. The summed E-state index contributed by atoms with van der Waals surface area (Å²) in [7, 11) is -4.21. The van der Waals surface area contributed by atoms with E-state index < -0.39 is 40.9 Å². The number of aryl methyl sites for hydroxylation is 1. The Morgan fingerprint density at radius 2 is 1.75 bits per heavy atom. The lowest BCUT2D eigenvalue weighted by Gasteiger charge is -2.43. The maximum atomic E-state index is 13.0. The van der Waals surface area contributed by atoms with Crippen LogP contribution in [0.25, 0.3) is 0 Å². The predicted octanol–water partition coefficient (Wildman–Crippen LogP) is 2.99. The fourth-order valence-corrected chi connectivity index (χ4v) is 2.80. The van der Waals surface area contributed by atoms with Crippen LogP contribution >= 0.6 is 0 Å². The average molecular weight is 312 g/mol. The molecule has 20 heavy (non-hydrogen) atoms. The number of hydrogen-bond acceptors (Lipinski definition) is 3. The standard InChI is InChI=1S/C12H12F4O3S/c1-8-2-4-10(5-3-8)20(17,18)19-7-9-6-11(13,14)12(9,15)16/h2-5,9H,6-7H2,1H3/t9-/m1/s1. The third-order valence-electron chi connectivity index (χ3n) is 3.24. The molecule has 0 radical (unpaired) electrons. The molecule has 112 valence electrons. The lowest BCUT2D eigenvalue weighted by molar-refractivity contribution is -0.317. The monoisotopic (exact) mass is 312 g/mol. The van der Waals surface area contributed by atoms with E-state index in [0.717, 1.165) is 5.56 Å². The first-order chi connectivity index (χ1) is 9.06. The van der Waals surface area contributed by atoms with Crippen molar-refractivity contribution >= 4 is 10.1 Å². The van der Waals surface area contributed by atoms with Gasteiger partial charge in [-0.05, 0) is 19.1 Å². The Hall–Kier alpha value is -1.15. The zero-order chi connectivity index (χ0) is 15.2. The van der Waals surface area contributed by atoms with Crippen LogP contribution in [0.1, 0.15) is 12.0 Å². The molecular formula is C12H12F4O3S. The molecule has 0 aromatic heterocycles. The normalized spacial score (nSPS) is 24.1. The highest BCUT2D eigenvalue weighted by Gasteiger charge is 2.71. The lowest BCUT2D eigenvalue weighted by Crippen LogP contribution is -2.60. The molecule has 0 unspecified atom stereocenters. The van der Waals surface area contributed by atoms with Gasteiger partial charge in [0.05, 0.1) is 17.4 Å². The first-order valence-electron chi connectivity index (χ1n) is 5.78. The van der Waals surface area contributed by atoms with Gasteiger partial charge in [-0.3, -0.25) is 4.18 Å². The van der Waals surface area contributed by atoms with Crippen molar-refractivity contribution in [2.45, 2.75) is 30.1 Å². The minimum absolute atomic E-state index is 0.197. The molecule has 0 saturated heterocycles. The van der Waals surface area contributed by atoms with E-state index in [2.05, 4.69) is 4.18 Å². The van der Waals surface area contributed by atoms with Crippen molar-refractivity contribution in [3.63, 3.8) is 0 Å². The van der Waals surface area contributed by atoms with Crippen LogP contribution in [0.5, 0.6) is 0 Å². The Balaban J connectivity index is 2.03. The minimum atomic E-state index is -4.23. The molecule has 0 amide bonds. The quantitative estimate of drug-likeness (QED) is 0.634. The summed E-state index contributed by atoms with van der Waals surface area (Å²) in [5, 5.41) is 0. The van der Waals surface area contributed by atoms with Gasteiger partial charge in [0.15, 0.2) is 0 Å². The molecule has 1 aromatic carbocycles. The molecule has 3 nitrogen and oxygen atoms in total. The van der Waals surface area contributed by atoms with Crippen LogP contribution in [0.4, 0.5) is 17.6 Å². The Morgan fingerprint density at radius 3 is 2.20 bits per heavy atom. The maximum absolute atomic E-state index is 13.0. The van der Waals surface area contributed by atoms with Crippen LogP contribution < -0.4 is 0 Å². The third kappa shape index (κ3) is 2.54. The second-order valence-corrected chi connectivity index (χ2v) is 6.40. The van der Waals surface area contributed by atoms with Crippen LogP contribution in [0, 0.1) is 12.8 Å². The van der Waals surface area contributed by atoms with E-state index in [1.165, 1.54) is 24.3 Å². The number of rotatable bonds is 4. The summed E-state index contributed by atoms with van der Waals surface area (Å²) in [4.78, 5) is -0.197. The summed E-state index contributed by atoms with van der Waals surface area (Å²) in [5.74, 6) is -10.1. The molecule has 0 N–H and O–H groups in total. The number of hydrogen-bond donors (Lipinski definition) is 0. The minimum Gasteiger partial charge on any atom is -0.266 e. The zero-order valence-electron chi connectivity index (χ0n) is 10.4. The largest absolute Gasteiger partial charge is 0.315 e. The van der Waals surface area contributed by atoms with Gasteiger partial charge in [-0.2, -0.15) is 26.0 Å². The summed E-state index contributed by atoms with van der Waals surface area (Å²) in [6.45, 7) is 0.785. The van der Waals surface area contributed by atoms with E-state index in [-0.39, 0.29) is 4.90 Å². The van der Waals surface area contributed by atoms with Crippen molar-refractivity contribution in [3.8, 4) is 0 Å². The van der Waals surface area contributed by atoms with Crippen molar-refractivity contribution in [1.29, 1.82) is 0 Å². The van der Waals surface area contributed by atoms with Crippen LogP contribution in [0.3, 0.4) is 0 Å². The summed E-state index contributed by atoms with van der Waals surface area (Å²) in [6, 6.07) is 5.56. The van der Waals surface area contributed by atoms with Crippen molar-refractivity contribution < 1.29 is 30.2 Å². The van der Waals surface area contributed by atoms with Crippen LogP contribution in [0.2, 0.25) is 0 Å². The second kappa shape index (κ2) is 4.70. The van der Waals surface area contributed by atoms with E-state index in [0.29, 0.717) is 0 Å². The highest BCUT2D eigenvalue weighted by Crippen LogP contribution is 2.55. The topological polar surface area (TPSA) is 43.4 Å². The molecule has 0 spiro atoms. The Bertz CT molecular complexity index is 596. The number of benzene rings is 1. The van der Waals surface area contributed by atoms with E-state index in [1.54, 1.807) is 6.92 Å². The molecule has 1 atom stereocenters. The number of alkyl halides is 4. The molecule has 0 bridgehead atoms. The van der Waals surface area contributed by atoms with Gasteiger partial charge in [0, 0.05) is 6.42 Å². The van der Waals surface area contributed by atoms with E-state index >= 15 is 0 Å². The molecule has 0 heterocycles. The predicted molar refractivity (Wildman–Crippen MR) is 62.3 cm³/mol. The zero-order valence-corrected chi connectivity index (χ0v) is 11.3. The average Bonchev–Trinajstić information content (AvgIpc) is 2.34. The van der Waals surface area contributed by atoms with Crippen LogP contribution in [0.15, 0.2) is 29.2 Å². The van der Waals surface area contributed by atoms with Crippen molar-refractivity contribution in [3.05, 3.63) is 29.8 Å². The summed E-state index contributed by atoms with van der Waals surface area (Å²) < 4.78 is 79.0. The summed E-state index contributed by atoms with van der Waals surface area (Å²) in [5.41, 5.74) is 0.814. The van der Waals surface area contributed by atoms with Gasteiger partial charge >= 0.3 is 11.8 Å². The van der Waals surface area contributed by atoms with E-state index in [4.69, 9.17) is 0 Å². The molecular weight excluding hydrogens is 300 g/mol. The van der Waals surface area contributed by atoms with Crippen molar-refractivity contribution in [2.75, 3.05) is 6.61 Å². The van der Waals surface area contributed by atoms with Crippen molar-refractivity contribution in [2.24, 2.45) is 5.92 Å². The van der Waals surface area contributed by atoms with Gasteiger partial charge in [0.25, 0.3) is 10.1 Å². The Labute approximate surface area is 113 Å². The fourth-order valence-electron chi connectivity index (χ4n) is 1.85. The Kier molecular flexibility index (Phi) is 3.58. The first kappa shape index (κ1) is 15.2. The highest BCUT2D eigenvalue weighted by atomic mass is 32.2. The summed E-state index contributed by atoms with van der Waals surface area (Å²) >= 11 is 0. The van der Waals surface area contributed by atoms with Gasteiger partial charge in [0.1, 0.15) is 0 Å². The van der Waals surface area contributed by atoms with Gasteiger partial charge in [0.2, 0.25) is 0 Å². The van der Waals surface area contributed by atoms with E-state index in [1.807, 2.05) is 0 Å². The van der Waals surface area contributed by atoms with Gasteiger partial charge in [-0.25, -0.2) is 0 Å². The lowest BCUT2D eigenvalue weighted by atomic mass is 9.77. The smallest absolute Gasteiger partial charge is 0.266 e. The molecule has 2 rings (SSSR count). The molecule has 1 aliphatic rings. The molecule has 8 heteroatoms. The van der Waals surface area contributed by atoms with Crippen LogP contribution in [-0.4, -0.2) is 26.9 Å². The Morgan fingerprint density at radius 1 is 1.20 bits per heavy atom. The first-order valence-corrected chi connectivity index (χ1v) is 7.19. The van der Waals surface area contributed by atoms with Gasteiger partial charge < -0.3 is 0 Å². The molecule has 1 saturated carbocycles. The molecule has 0 aliphatic heterocycles. The molecule has 1 aromatic rings. The summed E-state index contributed by atoms with van der Waals surface area (Å²) in [6.07, 6.45) is -1.08.